The molecule has 3 rings (SSSR count). The second-order valence-corrected chi connectivity index (χ2v) is 6.06. The third-order valence-corrected chi connectivity index (χ3v) is 4.14. The summed E-state index contributed by atoms with van der Waals surface area (Å²) >= 11 is 5.76. The van der Waals surface area contributed by atoms with Gasteiger partial charge in [0.25, 0.3) is 0 Å². The van der Waals surface area contributed by atoms with Gasteiger partial charge in [0.2, 0.25) is 11.8 Å². The van der Waals surface area contributed by atoms with Crippen LogP contribution in [0.1, 0.15) is 12.1 Å². The fourth-order valence-corrected chi connectivity index (χ4v) is 2.80. The van der Waals surface area contributed by atoms with Crippen molar-refractivity contribution < 1.29 is 14.0 Å². The van der Waals surface area contributed by atoms with Gasteiger partial charge in [0.1, 0.15) is 11.6 Å². The molecule has 1 N–H and O–H groups in total. The predicted octanol–water partition coefficient (Wildman–Crippen LogP) is 3.17. The summed E-state index contributed by atoms with van der Waals surface area (Å²) in [6.07, 6.45) is 0.0899. The average molecular weight is 348 g/mol. The number of aromatic nitrogens is 1. The molecule has 0 aliphatic carbocycles. The molecule has 7 heteroatoms. The highest BCUT2D eigenvalue weighted by Crippen LogP contribution is 2.29. The molecule has 0 radical (unpaired) electrons. The van der Waals surface area contributed by atoms with Crippen molar-refractivity contribution in [2.45, 2.75) is 13.3 Å². The number of aryl methyl sites for hydroxylation is 1. The van der Waals surface area contributed by atoms with Crippen molar-refractivity contribution in [3.05, 3.63) is 52.9 Å². The van der Waals surface area contributed by atoms with Crippen LogP contribution in [-0.4, -0.2) is 23.3 Å². The van der Waals surface area contributed by atoms with Crippen LogP contribution in [-0.2, 0) is 9.59 Å². The van der Waals surface area contributed by atoms with Crippen LogP contribution < -0.4 is 10.2 Å². The molecule has 5 nitrogen and oxygen atoms in total. The van der Waals surface area contributed by atoms with E-state index in [1.165, 1.54) is 23.1 Å². The summed E-state index contributed by atoms with van der Waals surface area (Å²) in [5.74, 6) is -1.06. The van der Waals surface area contributed by atoms with E-state index < -0.39 is 11.7 Å². The number of nitrogens with zero attached hydrogens (tertiary/aromatic N) is 2. The van der Waals surface area contributed by atoms with Gasteiger partial charge in [0.05, 0.1) is 10.9 Å². The number of amides is 2. The number of nitrogens with one attached hydrogen (secondary N) is 1. The molecule has 1 aliphatic heterocycles. The van der Waals surface area contributed by atoms with Crippen molar-refractivity contribution in [1.82, 2.24) is 4.98 Å². The molecule has 1 unspecified atom stereocenters. The Hall–Kier alpha value is -2.47. The average Bonchev–Trinajstić information content (AvgIpc) is 2.92. The lowest BCUT2D eigenvalue weighted by Crippen LogP contribution is -2.28. The summed E-state index contributed by atoms with van der Waals surface area (Å²) in [5.41, 5.74) is 1.27. The zero-order chi connectivity index (χ0) is 17.3. The summed E-state index contributed by atoms with van der Waals surface area (Å²) in [4.78, 5) is 30.2. The SMILES string of the molecule is Cc1cccc(NC(=O)C2CC(=O)N(c3ccc(F)c(Cl)c3)C2)n1. The lowest BCUT2D eigenvalue weighted by Gasteiger charge is -2.17. The van der Waals surface area contributed by atoms with Crippen molar-refractivity contribution in [1.29, 1.82) is 0 Å². The van der Waals surface area contributed by atoms with E-state index in [1.807, 2.05) is 13.0 Å². The van der Waals surface area contributed by atoms with Gasteiger partial charge in [-0.3, -0.25) is 9.59 Å². The van der Waals surface area contributed by atoms with Crippen molar-refractivity contribution in [2.24, 2.45) is 5.92 Å². The number of anilines is 2. The van der Waals surface area contributed by atoms with Crippen LogP contribution in [0.15, 0.2) is 36.4 Å². The Bertz CT molecular complexity index is 812. The second-order valence-electron chi connectivity index (χ2n) is 5.66. The van der Waals surface area contributed by atoms with E-state index in [-0.39, 0.29) is 29.8 Å². The van der Waals surface area contributed by atoms with Crippen molar-refractivity contribution >= 4 is 34.9 Å². The van der Waals surface area contributed by atoms with Gasteiger partial charge in [0, 0.05) is 24.3 Å². The molecule has 2 aromatic rings. The standard InChI is InChI=1S/C17H15ClFN3O2/c1-10-3-2-4-15(20-10)21-17(24)11-7-16(23)22(9-11)12-5-6-14(19)13(18)8-12/h2-6,8,11H,7,9H2,1H3,(H,20,21,24). The van der Waals surface area contributed by atoms with Gasteiger partial charge in [-0.15, -0.1) is 0 Å². The van der Waals surface area contributed by atoms with Gasteiger partial charge in [-0.05, 0) is 37.3 Å². The first-order valence-corrected chi connectivity index (χ1v) is 7.82. The fourth-order valence-electron chi connectivity index (χ4n) is 2.63. The van der Waals surface area contributed by atoms with Crippen LogP contribution in [0.4, 0.5) is 15.9 Å². The zero-order valence-electron chi connectivity index (χ0n) is 12.9. The molecule has 124 valence electrons. The van der Waals surface area contributed by atoms with Gasteiger partial charge < -0.3 is 10.2 Å². The van der Waals surface area contributed by atoms with Gasteiger partial charge in [-0.1, -0.05) is 17.7 Å². The minimum absolute atomic E-state index is 0.0582. The Balaban J connectivity index is 1.72. The van der Waals surface area contributed by atoms with Gasteiger partial charge in [-0.2, -0.15) is 0 Å². The van der Waals surface area contributed by atoms with E-state index >= 15 is 0 Å². The molecule has 2 amide bonds. The predicted molar refractivity (Wildman–Crippen MR) is 89.5 cm³/mol. The van der Waals surface area contributed by atoms with E-state index in [2.05, 4.69) is 10.3 Å². The van der Waals surface area contributed by atoms with E-state index in [4.69, 9.17) is 11.6 Å². The third kappa shape index (κ3) is 3.38. The summed E-state index contributed by atoms with van der Waals surface area (Å²) in [6, 6.07) is 9.38. The number of carbonyl (C=O) groups excluding carboxylic acids is 2. The highest BCUT2D eigenvalue weighted by molar-refractivity contribution is 6.31. The maximum Gasteiger partial charge on any atom is 0.230 e. The van der Waals surface area contributed by atoms with Gasteiger partial charge >= 0.3 is 0 Å². The van der Waals surface area contributed by atoms with Crippen molar-refractivity contribution in [2.75, 3.05) is 16.8 Å². The van der Waals surface area contributed by atoms with E-state index in [0.29, 0.717) is 11.5 Å². The summed E-state index contributed by atoms with van der Waals surface area (Å²) < 4.78 is 13.3. The molecule has 24 heavy (non-hydrogen) atoms. The maximum atomic E-state index is 13.3. The first-order chi connectivity index (χ1) is 11.4. The van der Waals surface area contributed by atoms with Crippen LogP contribution in [0.25, 0.3) is 0 Å². The largest absolute Gasteiger partial charge is 0.312 e. The van der Waals surface area contributed by atoms with Crippen molar-refractivity contribution in [3.8, 4) is 0 Å². The van der Waals surface area contributed by atoms with Crippen LogP contribution in [0.3, 0.4) is 0 Å². The van der Waals surface area contributed by atoms with E-state index in [0.717, 1.165) is 5.69 Å². The maximum absolute atomic E-state index is 13.3. The molecule has 0 bridgehead atoms. The Morgan fingerprint density at radius 1 is 1.38 bits per heavy atom. The summed E-state index contributed by atoms with van der Waals surface area (Å²) in [7, 11) is 0. The fraction of sp³-hybridized carbons (Fsp3) is 0.235. The summed E-state index contributed by atoms with van der Waals surface area (Å²) in [6.45, 7) is 2.05. The molecule has 1 aliphatic rings. The highest BCUT2D eigenvalue weighted by atomic mass is 35.5. The quantitative estimate of drug-likeness (QED) is 0.927. The second kappa shape index (κ2) is 6.57. The molecular weight excluding hydrogens is 333 g/mol. The van der Waals surface area contributed by atoms with Crippen LogP contribution >= 0.6 is 11.6 Å². The van der Waals surface area contributed by atoms with Crippen LogP contribution in [0.5, 0.6) is 0 Å². The first kappa shape index (κ1) is 16.4. The Kier molecular flexibility index (Phi) is 4.49. The molecule has 0 saturated carbocycles. The highest BCUT2D eigenvalue weighted by Gasteiger charge is 2.35. The monoisotopic (exact) mass is 347 g/mol. The van der Waals surface area contributed by atoms with E-state index in [1.54, 1.807) is 12.1 Å². The molecular formula is C17H15ClFN3O2. The number of carbonyl (C=O) groups is 2. The Morgan fingerprint density at radius 3 is 2.88 bits per heavy atom. The van der Waals surface area contributed by atoms with Crippen LogP contribution in [0, 0.1) is 18.7 Å². The lowest BCUT2D eigenvalue weighted by molar-refractivity contribution is -0.122. The third-order valence-electron chi connectivity index (χ3n) is 3.85. The molecule has 1 fully saturated rings. The molecule has 2 heterocycles. The zero-order valence-corrected chi connectivity index (χ0v) is 13.7. The van der Waals surface area contributed by atoms with Gasteiger partial charge in [-0.25, -0.2) is 9.37 Å². The number of halogens is 2. The summed E-state index contributed by atoms with van der Waals surface area (Å²) in [5, 5.41) is 2.66. The number of rotatable bonds is 3. The number of hydrogen-bond acceptors (Lipinski definition) is 3. The number of benzene rings is 1. The van der Waals surface area contributed by atoms with Crippen molar-refractivity contribution in [3.63, 3.8) is 0 Å². The molecule has 1 aromatic heterocycles. The first-order valence-electron chi connectivity index (χ1n) is 7.44. The molecule has 1 aromatic carbocycles. The normalized spacial score (nSPS) is 17.2. The smallest absolute Gasteiger partial charge is 0.230 e. The Labute approximate surface area is 143 Å². The van der Waals surface area contributed by atoms with Crippen LogP contribution in [0.2, 0.25) is 5.02 Å². The molecule has 1 saturated heterocycles. The minimum atomic E-state index is -0.549. The lowest BCUT2D eigenvalue weighted by atomic mass is 10.1. The minimum Gasteiger partial charge on any atom is -0.312 e. The number of pyridine rings is 1. The Morgan fingerprint density at radius 2 is 2.17 bits per heavy atom. The van der Waals surface area contributed by atoms with E-state index in [9.17, 15) is 14.0 Å². The van der Waals surface area contributed by atoms with Gasteiger partial charge in [0.15, 0.2) is 0 Å². The number of hydrogen-bond donors (Lipinski definition) is 1. The topological polar surface area (TPSA) is 62.3 Å². The molecule has 0 spiro atoms. The molecule has 1 atom stereocenters.